The summed E-state index contributed by atoms with van der Waals surface area (Å²) in [5.41, 5.74) is 6.90. The largest absolute Gasteiger partial charge is 0.337 e. The summed E-state index contributed by atoms with van der Waals surface area (Å²) in [5.74, 6) is 1.43. The second-order valence-electron chi connectivity index (χ2n) is 4.23. The van der Waals surface area contributed by atoms with Gasteiger partial charge in [0.15, 0.2) is 5.82 Å². The van der Waals surface area contributed by atoms with Crippen LogP contribution in [0.1, 0.15) is 49.5 Å². The highest BCUT2D eigenvalue weighted by Crippen LogP contribution is 2.20. The highest BCUT2D eigenvalue weighted by Gasteiger charge is 2.19. The van der Waals surface area contributed by atoms with E-state index in [0.717, 1.165) is 12.0 Å². The Balaban J connectivity index is 2.20. The van der Waals surface area contributed by atoms with Gasteiger partial charge in [-0.25, -0.2) is 0 Å². The molecule has 0 saturated heterocycles. The molecule has 92 valence electrons. The van der Waals surface area contributed by atoms with Crippen LogP contribution < -0.4 is 5.73 Å². The maximum Gasteiger partial charge on any atom is 0.248 e. The smallest absolute Gasteiger partial charge is 0.248 e. The second-order valence-corrected chi connectivity index (χ2v) is 4.23. The molecule has 0 fully saturated rings. The average Bonchev–Trinajstić information content (AvgIpc) is 2.95. The lowest BCUT2D eigenvalue weighted by Gasteiger charge is -2.02. The minimum atomic E-state index is -0.408. The molecular formula is C11H17N5O. The topological polar surface area (TPSA) is 82.8 Å². The van der Waals surface area contributed by atoms with Crippen molar-refractivity contribution < 1.29 is 4.52 Å². The molecule has 2 heterocycles. The number of hydrogen-bond donors (Lipinski definition) is 1. The molecule has 0 spiro atoms. The molecule has 0 radical (unpaired) electrons. The summed E-state index contributed by atoms with van der Waals surface area (Å²) in [6, 6.07) is -0.408. The first-order valence-electron chi connectivity index (χ1n) is 5.69. The lowest BCUT2D eigenvalue weighted by Crippen LogP contribution is -2.11. The van der Waals surface area contributed by atoms with E-state index in [2.05, 4.69) is 29.1 Å². The molecule has 6 heteroatoms. The first-order valence-corrected chi connectivity index (χ1v) is 5.69. The van der Waals surface area contributed by atoms with Crippen molar-refractivity contribution in [1.29, 1.82) is 0 Å². The van der Waals surface area contributed by atoms with E-state index in [4.69, 9.17) is 10.3 Å². The van der Waals surface area contributed by atoms with Crippen molar-refractivity contribution in [2.24, 2.45) is 12.8 Å². The molecule has 2 N–H and O–H groups in total. The zero-order valence-corrected chi connectivity index (χ0v) is 10.3. The molecule has 2 atom stereocenters. The third-order valence-corrected chi connectivity index (χ3v) is 2.86. The Bertz CT molecular complexity index is 490. The fourth-order valence-electron chi connectivity index (χ4n) is 1.50. The fourth-order valence-corrected chi connectivity index (χ4v) is 1.50. The Morgan fingerprint density at radius 1 is 1.53 bits per heavy atom. The van der Waals surface area contributed by atoms with Crippen molar-refractivity contribution in [3.63, 3.8) is 0 Å². The molecule has 0 aliphatic rings. The van der Waals surface area contributed by atoms with E-state index in [-0.39, 0.29) is 5.92 Å². The lowest BCUT2D eigenvalue weighted by atomic mass is 10.1. The normalized spacial score (nSPS) is 14.8. The van der Waals surface area contributed by atoms with E-state index in [0.29, 0.717) is 11.7 Å². The maximum absolute atomic E-state index is 6.03. The van der Waals surface area contributed by atoms with E-state index < -0.39 is 6.04 Å². The summed E-state index contributed by atoms with van der Waals surface area (Å²) in [5, 5.41) is 8.02. The van der Waals surface area contributed by atoms with Crippen LogP contribution in [0.15, 0.2) is 16.9 Å². The van der Waals surface area contributed by atoms with Crippen LogP contribution in [0.3, 0.4) is 0 Å². The van der Waals surface area contributed by atoms with Gasteiger partial charge in [0.05, 0.1) is 6.20 Å². The SMILES string of the molecule is CCC(C)c1noc(C(N)c2cnn(C)c2)n1. The van der Waals surface area contributed by atoms with Crippen LogP contribution in [0.25, 0.3) is 0 Å². The Morgan fingerprint density at radius 2 is 2.29 bits per heavy atom. The number of hydrogen-bond acceptors (Lipinski definition) is 5. The first-order chi connectivity index (χ1) is 8.11. The van der Waals surface area contributed by atoms with Crippen LogP contribution in [-0.4, -0.2) is 19.9 Å². The Morgan fingerprint density at radius 3 is 2.88 bits per heavy atom. The third-order valence-electron chi connectivity index (χ3n) is 2.86. The molecule has 0 aliphatic heterocycles. The molecule has 0 amide bonds. The quantitative estimate of drug-likeness (QED) is 0.865. The minimum absolute atomic E-state index is 0.286. The summed E-state index contributed by atoms with van der Waals surface area (Å²) in [6.07, 6.45) is 4.52. The molecule has 6 nitrogen and oxygen atoms in total. The van der Waals surface area contributed by atoms with Crippen LogP contribution in [-0.2, 0) is 7.05 Å². The zero-order valence-electron chi connectivity index (χ0n) is 10.3. The van der Waals surface area contributed by atoms with Gasteiger partial charge in [0.1, 0.15) is 6.04 Å². The van der Waals surface area contributed by atoms with Crippen molar-refractivity contribution in [2.45, 2.75) is 32.2 Å². The van der Waals surface area contributed by atoms with Gasteiger partial charge in [-0.1, -0.05) is 19.0 Å². The predicted octanol–water partition coefficient (Wildman–Crippen LogP) is 1.36. The Labute approximate surface area is 99.8 Å². The second kappa shape index (κ2) is 4.67. The number of rotatable bonds is 4. The van der Waals surface area contributed by atoms with Gasteiger partial charge in [-0.2, -0.15) is 10.1 Å². The van der Waals surface area contributed by atoms with E-state index >= 15 is 0 Å². The van der Waals surface area contributed by atoms with E-state index in [1.165, 1.54) is 0 Å². The van der Waals surface area contributed by atoms with Crippen molar-refractivity contribution in [2.75, 3.05) is 0 Å². The van der Waals surface area contributed by atoms with Crippen molar-refractivity contribution in [1.82, 2.24) is 19.9 Å². The molecular weight excluding hydrogens is 218 g/mol. The maximum atomic E-state index is 6.03. The summed E-state index contributed by atoms with van der Waals surface area (Å²) in [7, 11) is 1.84. The lowest BCUT2D eigenvalue weighted by molar-refractivity contribution is 0.360. The predicted molar refractivity (Wildman–Crippen MR) is 62.2 cm³/mol. The van der Waals surface area contributed by atoms with Gasteiger partial charge < -0.3 is 10.3 Å². The zero-order chi connectivity index (χ0) is 12.4. The highest BCUT2D eigenvalue weighted by atomic mass is 16.5. The van der Waals surface area contributed by atoms with Gasteiger partial charge in [-0.05, 0) is 6.42 Å². The third kappa shape index (κ3) is 2.36. The van der Waals surface area contributed by atoms with E-state index in [1.54, 1.807) is 10.9 Å². The van der Waals surface area contributed by atoms with Crippen LogP contribution in [0.4, 0.5) is 0 Å². The van der Waals surface area contributed by atoms with E-state index in [9.17, 15) is 0 Å². The standard InChI is InChI=1S/C11H17N5O/c1-4-7(2)10-14-11(17-15-10)9(12)8-5-13-16(3)6-8/h5-7,9H,4,12H2,1-3H3. The average molecular weight is 235 g/mol. The van der Waals surface area contributed by atoms with Crippen LogP contribution in [0, 0.1) is 0 Å². The summed E-state index contributed by atoms with van der Waals surface area (Å²) >= 11 is 0. The van der Waals surface area contributed by atoms with Gasteiger partial charge >= 0.3 is 0 Å². The van der Waals surface area contributed by atoms with Crippen LogP contribution in [0.5, 0.6) is 0 Å². The Kier molecular flexibility index (Phi) is 3.23. The van der Waals surface area contributed by atoms with Gasteiger partial charge in [0.25, 0.3) is 0 Å². The number of aromatic nitrogens is 4. The number of aryl methyl sites for hydroxylation is 1. The van der Waals surface area contributed by atoms with Crippen LogP contribution >= 0.6 is 0 Å². The van der Waals surface area contributed by atoms with E-state index in [1.807, 2.05) is 13.2 Å². The number of nitrogens with two attached hydrogens (primary N) is 1. The summed E-state index contributed by atoms with van der Waals surface area (Å²) in [4.78, 5) is 4.33. The number of nitrogens with zero attached hydrogens (tertiary/aromatic N) is 4. The molecule has 0 saturated carbocycles. The van der Waals surface area contributed by atoms with Crippen LogP contribution in [0.2, 0.25) is 0 Å². The Hall–Kier alpha value is -1.69. The van der Waals surface area contributed by atoms with Gasteiger partial charge in [-0.3, -0.25) is 4.68 Å². The van der Waals surface area contributed by atoms with Gasteiger partial charge in [0.2, 0.25) is 5.89 Å². The van der Waals surface area contributed by atoms with Crippen molar-refractivity contribution in [3.8, 4) is 0 Å². The molecule has 0 bridgehead atoms. The molecule has 2 aromatic heterocycles. The fraction of sp³-hybridized carbons (Fsp3) is 0.545. The summed E-state index contributed by atoms with van der Waals surface area (Å²) < 4.78 is 6.89. The molecule has 2 aromatic rings. The summed E-state index contributed by atoms with van der Waals surface area (Å²) in [6.45, 7) is 4.14. The minimum Gasteiger partial charge on any atom is -0.337 e. The monoisotopic (exact) mass is 235 g/mol. The van der Waals surface area contributed by atoms with Crippen molar-refractivity contribution in [3.05, 3.63) is 29.7 Å². The molecule has 0 aliphatic carbocycles. The van der Waals surface area contributed by atoms with Gasteiger partial charge in [-0.15, -0.1) is 0 Å². The van der Waals surface area contributed by atoms with Crippen molar-refractivity contribution >= 4 is 0 Å². The molecule has 2 rings (SSSR count). The first kappa shape index (κ1) is 11.8. The van der Waals surface area contributed by atoms with Gasteiger partial charge in [0, 0.05) is 24.7 Å². The molecule has 17 heavy (non-hydrogen) atoms. The molecule has 0 aromatic carbocycles. The highest BCUT2D eigenvalue weighted by molar-refractivity contribution is 5.17. The molecule has 2 unspecified atom stereocenters.